The van der Waals surface area contributed by atoms with Gasteiger partial charge in [-0.3, -0.25) is 9.20 Å². The van der Waals surface area contributed by atoms with Crippen molar-refractivity contribution in [2.24, 2.45) is 0 Å². The second kappa shape index (κ2) is 7.19. The van der Waals surface area contributed by atoms with Gasteiger partial charge in [-0.2, -0.15) is 0 Å². The maximum atomic E-state index is 11.4. The van der Waals surface area contributed by atoms with Gasteiger partial charge in [0, 0.05) is 11.1 Å². The van der Waals surface area contributed by atoms with Crippen LogP contribution in [0.15, 0.2) is 35.5 Å². The zero-order chi connectivity index (χ0) is 17.1. The van der Waals surface area contributed by atoms with Gasteiger partial charge < -0.3 is 9.84 Å². The van der Waals surface area contributed by atoms with Gasteiger partial charge >= 0.3 is 5.97 Å². The van der Waals surface area contributed by atoms with Crippen molar-refractivity contribution in [3.63, 3.8) is 0 Å². The molecule has 24 heavy (non-hydrogen) atoms. The van der Waals surface area contributed by atoms with Crippen LogP contribution in [0.25, 0.3) is 16.6 Å². The zero-order valence-electron chi connectivity index (χ0n) is 13.6. The van der Waals surface area contributed by atoms with Crippen molar-refractivity contribution in [1.29, 1.82) is 0 Å². The van der Waals surface area contributed by atoms with E-state index in [9.17, 15) is 9.90 Å². The van der Waals surface area contributed by atoms with E-state index in [2.05, 4.69) is 16.3 Å². The quantitative estimate of drug-likeness (QED) is 0.547. The predicted octanol–water partition coefficient (Wildman–Crippen LogP) is 2.60. The Kier molecular flexibility index (Phi) is 5.01. The second-order valence-electron chi connectivity index (χ2n) is 5.49. The topological polar surface area (TPSA) is 76.7 Å². The molecule has 0 amide bonds. The van der Waals surface area contributed by atoms with Gasteiger partial charge in [-0.1, -0.05) is 30.0 Å². The fourth-order valence-electron chi connectivity index (χ4n) is 2.61. The Bertz CT molecular complexity index is 878. The van der Waals surface area contributed by atoms with Gasteiger partial charge in [0.15, 0.2) is 10.8 Å². The first-order chi connectivity index (χ1) is 11.6. The lowest BCUT2D eigenvalue weighted by Gasteiger charge is -2.10. The monoisotopic (exact) mass is 345 g/mol. The number of rotatable bonds is 6. The molecule has 1 atom stereocenters. The normalized spacial score (nSPS) is 12.6. The smallest absolute Gasteiger partial charge is 0.308 e. The Morgan fingerprint density at radius 1 is 1.38 bits per heavy atom. The minimum atomic E-state index is -0.780. The molecule has 0 radical (unpaired) electrons. The van der Waals surface area contributed by atoms with Crippen molar-refractivity contribution in [1.82, 2.24) is 14.6 Å². The van der Waals surface area contributed by atoms with E-state index in [0.29, 0.717) is 17.5 Å². The SMILES string of the molecule is CCOC(=O)C[C@@H](O)CSc1nnc2cc(C)c3ccccc3n12. The molecule has 2 heterocycles. The number of fused-ring (bicyclic) bond motifs is 3. The summed E-state index contributed by atoms with van der Waals surface area (Å²) in [5.74, 6) is -0.0419. The highest BCUT2D eigenvalue weighted by Gasteiger charge is 2.16. The van der Waals surface area contributed by atoms with Gasteiger partial charge in [0.2, 0.25) is 0 Å². The third kappa shape index (κ3) is 3.37. The second-order valence-corrected chi connectivity index (χ2v) is 6.48. The number of nitrogens with zero attached hydrogens (tertiary/aromatic N) is 3. The van der Waals surface area contributed by atoms with E-state index >= 15 is 0 Å². The first-order valence-electron chi connectivity index (χ1n) is 7.80. The third-order valence-electron chi connectivity index (χ3n) is 3.69. The molecule has 0 spiro atoms. The van der Waals surface area contributed by atoms with Crippen LogP contribution in [-0.4, -0.2) is 44.1 Å². The number of aliphatic hydroxyl groups excluding tert-OH is 1. The third-order valence-corrected chi connectivity index (χ3v) is 4.76. The van der Waals surface area contributed by atoms with Crippen molar-refractivity contribution < 1.29 is 14.6 Å². The fraction of sp³-hybridized carbons (Fsp3) is 0.353. The molecule has 1 aromatic carbocycles. The Labute approximate surface area is 143 Å². The van der Waals surface area contributed by atoms with Crippen molar-refractivity contribution >= 4 is 34.3 Å². The molecule has 3 rings (SSSR count). The molecule has 2 aromatic heterocycles. The van der Waals surface area contributed by atoms with Crippen LogP contribution in [0.5, 0.6) is 0 Å². The summed E-state index contributed by atoms with van der Waals surface area (Å²) in [6, 6.07) is 10.1. The van der Waals surface area contributed by atoms with Crippen LogP contribution >= 0.6 is 11.8 Å². The fourth-order valence-corrected chi connectivity index (χ4v) is 3.49. The van der Waals surface area contributed by atoms with Crippen LogP contribution in [0.2, 0.25) is 0 Å². The molecule has 0 saturated heterocycles. The van der Waals surface area contributed by atoms with E-state index < -0.39 is 12.1 Å². The summed E-state index contributed by atoms with van der Waals surface area (Å²) < 4.78 is 6.83. The molecular formula is C17H19N3O3S. The molecule has 0 aliphatic carbocycles. The van der Waals surface area contributed by atoms with E-state index in [0.717, 1.165) is 22.1 Å². The van der Waals surface area contributed by atoms with Gasteiger partial charge in [-0.15, -0.1) is 10.2 Å². The van der Waals surface area contributed by atoms with Crippen LogP contribution < -0.4 is 0 Å². The number of benzene rings is 1. The first-order valence-corrected chi connectivity index (χ1v) is 8.78. The summed E-state index contributed by atoms with van der Waals surface area (Å²) >= 11 is 1.38. The average molecular weight is 345 g/mol. The zero-order valence-corrected chi connectivity index (χ0v) is 14.4. The van der Waals surface area contributed by atoms with Crippen LogP contribution in [0, 0.1) is 6.92 Å². The number of carbonyl (C=O) groups is 1. The molecule has 3 aromatic rings. The summed E-state index contributed by atoms with van der Waals surface area (Å²) in [4.78, 5) is 11.4. The number of hydrogen-bond acceptors (Lipinski definition) is 6. The van der Waals surface area contributed by atoms with Crippen molar-refractivity contribution in [2.45, 2.75) is 31.5 Å². The Hall–Kier alpha value is -2.12. The molecule has 0 aliphatic rings. The molecule has 7 heteroatoms. The van der Waals surface area contributed by atoms with Gasteiger partial charge in [-0.25, -0.2) is 0 Å². The Morgan fingerprint density at radius 2 is 2.17 bits per heavy atom. The van der Waals surface area contributed by atoms with Crippen LogP contribution in [0.3, 0.4) is 0 Å². The standard InChI is InChI=1S/C17H19N3O3S/c1-3-23-16(22)9-12(21)10-24-17-19-18-15-8-11(2)13-6-4-5-7-14(13)20(15)17/h4-8,12,21H,3,9-10H2,1-2H3/t12-/m1/s1. The highest BCUT2D eigenvalue weighted by Crippen LogP contribution is 2.26. The average Bonchev–Trinajstić information content (AvgIpc) is 2.96. The van der Waals surface area contributed by atoms with E-state index in [4.69, 9.17) is 4.74 Å². The summed E-state index contributed by atoms with van der Waals surface area (Å²) in [7, 11) is 0. The highest BCUT2D eigenvalue weighted by molar-refractivity contribution is 7.99. The molecule has 0 fully saturated rings. The van der Waals surface area contributed by atoms with Gasteiger partial charge in [0.05, 0.1) is 24.6 Å². The molecule has 0 bridgehead atoms. The van der Waals surface area contributed by atoms with Crippen molar-refractivity contribution in [3.8, 4) is 0 Å². The summed E-state index contributed by atoms with van der Waals surface area (Å²) in [5.41, 5.74) is 2.94. The first kappa shape index (κ1) is 16.7. The molecule has 0 saturated carbocycles. The number of aryl methyl sites for hydroxylation is 1. The molecule has 1 N–H and O–H groups in total. The van der Waals surface area contributed by atoms with Crippen LogP contribution in [0.1, 0.15) is 18.9 Å². The summed E-state index contributed by atoms with van der Waals surface area (Å²) in [5, 5.41) is 20.3. The highest BCUT2D eigenvalue weighted by atomic mass is 32.2. The number of pyridine rings is 1. The molecule has 0 aliphatic heterocycles. The van der Waals surface area contributed by atoms with E-state index in [1.165, 1.54) is 11.8 Å². The maximum Gasteiger partial charge on any atom is 0.308 e. The largest absolute Gasteiger partial charge is 0.466 e. The number of carbonyl (C=O) groups excluding carboxylic acids is 1. The molecule has 126 valence electrons. The van der Waals surface area contributed by atoms with Gasteiger partial charge in [-0.05, 0) is 31.5 Å². The summed E-state index contributed by atoms with van der Waals surface area (Å²) in [6.45, 7) is 4.11. The Balaban J connectivity index is 1.83. The van der Waals surface area contributed by atoms with E-state index in [1.807, 2.05) is 35.6 Å². The van der Waals surface area contributed by atoms with Crippen LogP contribution in [-0.2, 0) is 9.53 Å². The lowest BCUT2D eigenvalue weighted by Crippen LogP contribution is -2.18. The number of thioether (sulfide) groups is 1. The molecular weight excluding hydrogens is 326 g/mol. The number of aliphatic hydroxyl groups is 1. The van der Waals surface area contributed by atoms with Crippen molar-refractivity contribution in [3.05, 3.63) is 35.9 Å². The minimum Gasteiger partial charge on any atom is -0.466 e. The number of aromatic nitrogens is 3. The maximum absolute atomic E-state index is 11.4. The minimum absolute atomic E-state index is 0.0164. The lowest BCUT2D eigenvalue weighted by atomic mass is 10.1. The lowest BCUT2D eigenvalue weighted by molar-refractivity contribution is -0.144. The molecule has 0 unspecified atom stereocenters. The number of esters is 1. The molecule has 6 nitrogen and oxygen atoms in total. The Morgan fingerprint density at radius 3 is 2.96 bits per heavy atom. The van der Waals surface area contributed by atoms with Crippen LogP contribution in [0.4, 0.5) is 0 Å². The van der Waals surface area contributed by atoms with Crippen molar-refractivity contribution in [2.75, 3.05) is 12.4 Å². The number of hydrogen-bond donors (Lipinski definition) is 1. The number of para-hydroxylation sites is 1. The number of ether oxygens (including phenoxy) is 1. The van der Waals surface area contributed by atoms with Gasteiger partial charge in [0.25, 0.3) is 0 Å². The summed E-state index contributed by atoms with van der Waals surface area (Å²) in [6.07, 6.45) is -0.796. The van der Waals surface area contributed by atoms with E-state index in [-0.39, 0.29) is 6.42 Å². The van der Waals surface area contributed by atoms with Gasteiger partial charge in [0.1, 0.15) is 0 Å². The van der Waals surface area contributed by atoms with E-state index in [1.54, 1.807) is 6.92 Å². The predicted molar refractivity (Wildman–Crippen MR) is 93.2 cm³/mol.